The molecule has 0 spiro atoms. The fourth-order valence-corrected chi connectivity index (χ4v) is 4.88. The van der Waals surface area contributed by atoms with Crippen molar-refractivity contribution in [1.29, 1.82) is 0 Å². The molecule has 2 N–H and O–H groups in total. The molecule has 2 aromatic rings. The summed E-state index contributed by atoms with van der Waals surface area (Å²) in [6.07, 6.45) is 0.562. The molecule has 2 aromatic carbocycles. The summed E-state index contributed by atoms with van der Waals surface area (Å²) < 4.78 is 35.2. The number of aryl methyl sites for hydroxylation is 1. The van der Waals surface area contributed by atoms with Gasteiger partial charge in [-0.2, -0.15) is 0 Å². The lowest BCUT2D eigenvalue weighted by Gasteiger charge is -2.28. The number of hydrogen-bond acceptors (Lipinski definition) is 4. The third kappa shape index (κ3) is 4.50. The van der Waals surface area contributed by atoms with Gasteiger partial charge in [-0.1, -0.05) is 48.8 Å². The van der Waals surface area contributed by atoms with E-state index in [0.29, 0.717) is 22.3 Å². The maximum absolute atomic E-state index is 13.1. The fraction of sp³-hybridized carbons (Fsp3) is 0.350. The van der Waals surface area contributed by atoms with Gasteiger partial charge in [0.2, 0.25) is 0 Å². The van der Waals surface area contributed by atoms with Crippen LogP contribution in [0.3, 0.4) is 0 Å². The summed E-state index contributed by atoms with van der Waals surface area (Å²) in [5.41, 5.74) is 1.84. The Morgan fingerprint density at radius 1 is 1.25 bits per heavy atom. The van der Waals surface area contributed by atoms with Crippen molar-refractivity contribution in [3.8, 4) is 5.75 Å². The molecule has 6 nitrogen and oxygen atoms in total. The lowest BCUT2D eigenvalue weighted by molar-refractivity contribution is -0.124. The van der Waals surface area contributed by atoms with E-state index in [1.165, 1.54) is 6.07 Å². The Bertz CT molecular complexity index is 1010. The number of rotatable bonds is 6. The van der Waals surface area contributed by atoms with Gasteiger partial charge >= 0.3 is 0 Å². The Morgan fingerprint density at radius 3 is 2.68 bits per heavy atom. The molecule has 1 amide bonds. The fourth-order valence-electron chi connectivity index (χ4n) is 3.04. The molecule has 8 heteroatoms. The summed E-state index contributed by atoms with van der Waals surface area (Å²) in [6, 6.07) is 10.4. The number of anilines is 2. The van der Waals surface area contributed by atoms with Gasteiger partial charge in [-0.15, -0.1) is 0 Å². The normalized spacial score (nSPS) is 16.3. The van der Waals surface area contributed by atoms with Crippen LogP contribution in [0.15, 0.2) is 45.8 Å². The molecule has 3 rings (SSSR count). The molecular weight excluding hydrogens is 444 g/mol. The lowest BCUT2D eigenvalue weighted by atomic mass is 10.0. The topological polar surface area (TPSA) is 84.5 Å². The summed E-state index contributed by atoms with van der Waals surface area (Å²) >= 11 is 3.32. The van der Waals surface area contributed by atoms with Gasteiger partial charge < -0.3 is 10.1 Å². The van der Waals surface area contributed by atoms with Crippen molar-refractivity contribution in [3.05, 3.63) is 46.4 Å². The van der Waals surface area contributed by atoms with Crippen molar-refractivity contribution in [3.63, 3.8) is 0 Å². The predicted octanol–water partition coefficient (Wildman–Crippen LogP) is 4.56. The molecule has 0 saturated carbocycles. The molecule has 1 aliphatic rings. The van der Waals surface area contributed by atoms with Crippen LogP contribution < -0.4 is 14.8 Å². The lowest BCUT2D eigenvalue weighted by Crippen LogP contribution is -2.38. The maximum atomic E-state index is 13.1. The zero-order valence-electron chi connectivity index (χ0n) is 16.0. The highest BCUT2D eigenvalue weighted by Crippen LogP contribution is 2.40. The van der Waals surface area contributed by atoms with Crippen LogP contribution in [0.25, 0.3) is 0 Å². The summed E-state index contributed by atoms with van der Waals surface area (Å²) in [6.45, 7) is 5.96. The number of fused-ring (bicyclic) bond motifs is 1. The summed E-state index contributed by atoms with van der Waals surface area (Å²) in [5.74, 6) is 0.113. The van der Waals surface area contributed by atoms with Crippen molar-refractivity contribution in [2.24, 2.45) is 5.92 Å². The number of nitrogens with one attached hydrogen (secondary N) is 2. The quantitative estimate of drug-likeness (QED) is 0.653. The highest BCUT2D eigenvalue weighted by Gasteiger charge is 2.33. The van der Waals surface area contributed by atoms with Crippen LogP contribution in [-0.4, -0.2) is 20.4 Å². The van der Waals surface area contributed by atoms with E-state index in [0.717, 1.165) is 12.0 Å². The van der Waals surface area contributed by atoms with Crippen molar-refractivity contribution in [1.82, 2.24) is 0 Å². The van der Waals surface area contributed by atoms with Crippen molar-refractivity contribution in [2.75, 3.05) is 10.0 Å². The number of carbonyl (C=O) groups excluding carboxylic acids is 1. The van der Waals surface area contributed by atoms with E-state index in [1.54, 1.807) is 18.2 Å². The Labute approximate surface area is 173 Å². The Hall–Kier alpha value is -2.06. The molecule has 0 aromatic heterocycles. The molecule has 0 saturated heterocycles. The van der Waals surface area contributed by atoms with Crippen molar-refractivity contribution >= 4 is 43.2 Å². The van der Waals surface area contributed by atoms with E-state index >= 15 is 0 Å². The van der Waals surface area contributed by atoms with Crippen LogP contribution >= 0.6 is 15.9 Å². The molecule has 1 atom stereocenters. The Balaban J connectivity index is 2.00. The van der Waals surface area contributed by atoms with Gasteiger partial charge in [0.05, 0.1) is 5.69 Å². The van der Waals surface area contributed by atoms with Crippen molar-refractivity contribution in [2.45, 2.75) is 44.6 Å². The summed E-state index contributed by atoms with van der Waals surface area (Å²) in [5, 5.41) is 2.76. The first kappa shape index (κ1) is 20.7. The number of amides is 1. The third-order valence-corrected chi connectivity index (χ3v) is 6.24. The Morgan fingerprint density at radius 2 is 2.00 bits per heavy atom. The minimum atomic E-state index is -3.93. The molecule has 0 radical (unpaired) electrons. The van der Waals surface area contributed by atoms with Crippen LogP contribution in [0.4, 0.5) is 11.4 Å². The van der Waals surface area contributed by atoms with Gasteiger partial charge in [-0.3, -0.25) is 9.52 Å². The smallest absolute Gasteiger partial charge is 0.265 e. The molecule has 150 valence electrons. The molecule has 0 fully saturated rings. The van der Waals surface area contributed by atoms with Crippen molar-refractivity contribution < 1.29 is 17.9 Å². The van der Waals surface area contributed by atoms with Gasteiger partial charge in [0.25, 0.3) is 15.9 Å². The largest absolute Gasteiger partial charge is 0.477 e. The van der Waals surface area contributed by atoms with Crippen LogP contribution in [0.1, 0.15) is 32.8 Å². The zero-order chi connectivity index (χ0) is 20.5. The van der Waals surface area contributed by atoms with Crippen LogP contribution in [0.2, 0.25) is 0 Å². The second-order valence-corrected chi connectivity index (χ2v) is 9.73. The number of sulfonamides is 1. The van der Waals surface area contributed by atoms with Crippen LogP contribution in [0.5, 0.6) is 5.75 Å². The van der Waals surface area contributed by atoms with E-state index in [9.17, 15) is 13.2 Å². The number of hydrogen-bond donors (Lipinski definition) is 2. The van der Waals surface area contributed by atoms with Crippen LogP contribution in [-0.2, 0) is 21.2 Å². The van der Waals surface area contributed by atoms with Crippen LogP contribution in [0, 0.1) is 5.92 Å². The standard InChI is InChI=1S/C20H23BrN2O4S/c1-4-13-6-5-7-15(9-13)23-28(25,26)18-11-14(21)10-16-19(18)27-17(8-12(2)3)20(24)22-16/h5-7,9-12,17,23H,4,8H2,1-3H3,(H,22,24). The SMILES string of the molecule is CCc1cccc(NS(=O)(=O)c2cc(Br)cc3c2OC(CC(C)C)C(=O)N3)c1. The van der Waals surface area contributed by atoms with Gasteiger partial charge in [-0.05, 0) is 48.6 Å². The Kier molecular flexibility index (Phi) is 6.00. The number of halogens is 1. The van der Waals surface area contributed by atoms with E-state index in [2.05, 4.69) is 26.0 Å². The third-order valence-electron chi connectivity index (χ3n) is 4.39. The zero-order valence-corrected chi connectivity index (χ0v) is 18.4. The average molecular weight is 467 g/mol. The van der Waals surface area contributed by atoms with E-state index in [4.69, 9.17) is 4.74 Å². The number of carbonyl (C=O) groups is 1. The molecule has 0 bridgehead atoms. The van der Waals surface area contributed by atoms with E-state index < -0.39 is 16.1 Å². The van der Waals surface area contributed by atoms with E-state index in [1.807, 2.05) is 32.9 Å². The first-order valence-corrected chi connectivity index (χ1v) is 11.4. The van der Waals surface area contributed by atoms with Gasteiger partial charge in [-0.25, -0.2) is 8.42 Å². The summed E-state index contributed by atoms with van der Waals surface area (Å²) in [7, 11) is -3.93. The van der Waals surface area contributed by atoms with Gasteiger partial charge in [0.15, 0.2) is 11.9 Å². The highest BCUT2D eigenvalue weighted by molar-refractivity contribution is 9.10. The predicted molar refractivity (Wildman–Crippen MR) is 113 cm³/mol. The monoisotopic (exact) mass is 466 g/mol. The molecule has 0 aliphatic carbocycles. The maximum Gasteiger partial charge on any atom is 0.265 e. The molecule has 1 heterocycles. The number of benzene rings is 2. The molecule has 1 unspecified atom stereocenters. The first-order chi connectivity index (χ1) is 13.2. The minimum Gasteiger partial charge on any atom is -0.477 e. The second-order valence-electron chi connectivity index (χ2n) is 7.17. The average Bonchev–Trinajstić information content (AvgIpc) is 2.61. The first-order valence-electron chi connectivity index (χ1n) is 9.12. The van der Waals surface area contributed by atoms with E-state index in [-0.39, 0.29) is 22.5 Å². The summed E-state index contributed by atoms with van der Waals surface area (Å²) in [4.78, 5) is 12.3. The molecular formula is C20H23BrN2O4S. The number of ether oxygens (including phenoxy) is 1. The van der Waals surface area contributed by atoms with Gasteiger partial charge in [0, 0.05) is 10.2 Å². The second kappa shape index (κ2) is 8.13. The van der Waals surface area contributed by atoms with Gasteiger partial charge in [0.1, 0.15) is 4.90 Å². The minimum absolute atomic E-state index is 0.0208. The molecule has 28 heavy (non-hydrogen) atoms. The molecule has 1 aliphatic heterocycles. The highest BCUT2D eigenvalue weighted by atomic mass is 79.9.